The van der Waals surface area contributed by atoms with E-state index < -0.39 is 0 Å². The van der Waals surface area contributed by atoms with E-state index in [0.29, 0.717) is 17.2 Å². The van der Waals surface area contributed by atoms with Gasteiger partial charge in [-0.05, 0) is 132 Å². The second kappa shape index (κ2) is 23.6. The van der Waals surface area contributed by atoms with Crippen LogP contribution in [0.15, 0.2) is 349 Å². The average molecular weight is 1440 g/mol. The van der Waals surface area contributed by atoms with Crippen molar-refractivity contribution >= 4 is 195 Å². The molecule has 0 amide bonds. The Balaban J connectivity index is 0.000000138. The van der Waals surface area contributed by atoms with E-state index in [1.165, 1.54) is 94.8 Å². The summed E-state index contributed by atoms with van der Waals surface area (Å²) in [5.74, 6) is 0.699. The summed E-state index contributed by atoms with van der Waals surface area (Å²) in [6.45, 7) is 0. The molecular formula is C98H56N8O2S2. The molecule has 25 aromatic rings. The number of hydrogen-bond donors (Lipinski definition) is 0. The van der Waals surface area contributed by atoms with Crippen LogP contribution in [0.1, 0.15) is 0 Å². The van der Waals surface area contributed by atoms with Gasteiger partial charge in [-0.15, -0.1) is 22.7 Å². The third-order valence-electron chi connectivity index (χ3n) is 22.4. The summed E-state index contributed by atoms with van der Waals surface area (Å²) in [6, 6.07) is 117. The lowest BCUT2D eigenvalue weighted by Crippen LogP contribution is -1.99. The highest BCUT2D eigenvalue weighted by Gasteiger charge is 2.25. The first kappa shape index (κ1) is 60.9. The molecule has 10 heterocycles. The van der Waals surface area contributed by atoms with Crippen LogP contribution in [0.25, 0.3) is 228 Å². The van der Waals surface area contributed by atoms with Gasteiger partial charge in [0.25, 0.3) is 0 Å². The Morgan fingerprint density at radius 2 is 0.700 bits per heavy atom. The van der Waals surface area contributed by atoms with Crippen molar-refractivity contribution in [3.63, 3.8) is 0 Å². The van der Waals surface area contributed by atoms with Gasteiger partial charge in [-0.3, -0.25) is 4.57 Å². The summed E-state index contributed by atoms with van der Waals surface area (Å²) in [4.78, 5) is 20.4. The predicted octanol–water partition coefficient (Wildman–Crippen LogP) is 26.9. The molecule has 512 valence electrons. The molecule has 0 fully saturated rings. The van der Waals surface area contributed by atoms with E-state index in [2.05, 4.69) is 340 Å². The van der Waals surface area contributed by atoms with Crippen LogP contribution in [0.4, 0.5) is 0 Å². The van der Waals surface area contributed by atoms with Crippen molar-refractivity contribution in [2.75, 3.05) is 0 Å². The average Bonchev–Trinajstić information content (AvgIpc) is 1.56. The van der Waals surface area contributed by atoms with Gasteiger partial charge in [0.15, 0.2) is 5.82 Å². The van der Waals surface area contributed by atoms with Crippen LogP contribution in [0, 0.1) is 0 Å². The van der Waals surface area contributed by atoms with Gasteiger partial charge in [-0.25, -0.2) is 15.0 Å². The summed E-state index contributed by atoms with van der Waals surface area (Å²) < 4.78 is 27.5. The molecule has 0 radical (unpaired) electrons. The number of fused-ring (bicyclic) bond motifs is 24. The van der Waals surface area contributed by atoms with Gasteiger partial charge in [0.2, 0.25) is 11.4 Å². The summed E-state index contributed by atoms with van der Waals surface area (Å²) in [6.07, 6.45) is 3.78. The fourth-order valence-corrected chi connectivity index (χ4v) is 20.1. The van der Waals surface area contributed by atoms with Crippen molar-refractivity contribution in [3.05, 3.63) is 340 Å². The zero-order valence-corrected chi connectivity index (χ0v) is 60.2. The number of para-hydroxylation sites is 6. The molecule has 25 rings (SSSR count). The number of rotatable bonds is 7. The molecule has 0 N–H and O–H groups in total. The first-order valence-corrected chi connectivity index (χ1v) is 38.5. The largest absolute Gasteiger partial charge is 0.436 e. The lowest BCUT2D eigenvalue weighted by atomic mass is 9.99. The van der Waals surface area contributed by atoms with Crippen molar-refractivity contribution < 1.29 is 8.83 Å². The van der Waals surface area contributed by atoms with Gasteiger partial charge in [0, 0.05) is 112 Å². The number of furan rings is 2. The molecule has 0 spiro atoms. The molecule has 10 aromatic heterocycles. The minimum absolute atomic E-state index is 0.497. The highest BCUT2D eigenvalue weighted by atomic mass is 32.1. The normalized spacial score (nSPS) is 12.2. The third kappa shape index (κ3) is 9.02. The van der Waals surface area contributed by atoms with Crippen LogP contribution in [0.2, 0.25) is 0 Å². The van der Waals surface area contributed by atoms with E-state index in [4.69, 9.17) is 28.8 Å². The fourth-order valence-electron chi connectivity index (χ4n) is 17.6. The highest BCUT2D eigenvalue weighted by molar-refractivity contribution is 7.26. The first-order valence-electron chi connectivity index (χ1n) is 36.9. The quantitative estimate of drug-likeness (QED) is 0.158. The molecule has 0 aliphatic carbocycles. The minimum atomic E-state index is 0.497. The van der Waals surface area contributed by atoms with E-state index in [1.54, 1.807) is 0 Å². The van der Waals surface area contributed by atoms with Crippen LogP contribution in [0.5, 0.6) is 0 Å². The second-order valence-electron chi connectivity index (χ2n) is 28.4. The molecule has 0 aliphatic rings. The highest BCUT2D eigenvalue weighted by Crippen LogP contribution is 2.48. The van der Waals surface area contributed by atoms with Crippen LogP contribution < -0.4 is 0 Å². The van der Waals surface area contributed by atoms with Crippen molar-refractivity contribution in [1.29, 1.82) is 0 Å². The number of thiophene rings is 2. The van der Waals surface area contributed by atoms with Crippen LogP contribution in [0.3, 0.4) is 0 Å². The van der Waals surface area contributed by atoms with Gasteiger partial charge >= 0.3 is 0 Å². The molecule has 12 heteroatoms. The molecule has 10 nitrogen and oxygen atoms in total. The van der Waals surface area contributed by atoms with Gasteiger partial charge in [-0.1, -0.05) is 212 Å². The zero-order chi connectivity index (χ0) is 71.8. The molecule has 0 bridgehead atoms. The van der Waals surface area contributed by atoms with Gasteiger partial charge < -0.3 is 22.5 Å². The Bertz CT molecular complexity index is 8190. The smallest absolute Gasteiger partial charge is 0.248 e. The molecule has 15 aromatic carbocycles. The SMILES string of the molecule is c1cc(-c2cnc3c(n2)oc2cccc(-c4cccc5c4sc4ccccc45)c23)cc(-c2cccc3c2sc2ccccc23)c1.c1ccc(-n2c3ccccc3c3cc4c5ccccc5n(-c5ccc6oc7nc(-n8c9ccccc9c9cc%10c%11ccccc%11n(-c%11ccccc%11)c%10cc98)cnc7c6c5)c4cc32)cc1. The molecule has 0 saturated carbocycles. The van der Waals surface area contributed by atoms with Crippen molar-refractivity contribution in [1.82, 2.24) is 38.2 Å². The summed E-state index contributed by atoms with van der Waals surface area (Å²) in [5, 5.41) is 16.7. The van der Waals surface area contributed by atoms with Crippen molar-refractivity contribution in [3.8, 4) is 56.4 Å². The number of hydrogen-bond acceptors (Lipinski definition) is 8. The Hall–Kier alpha value is -14.3. The Labute approximate surface area is 633 Å². The summed E-state index contributed by atoms with van der Waals surface area (Å²) >= 11 is 3.68. The van der Waals surface area contributed by atoms with Gasteiger partial charge in [0.05, 0.1) is 73.0 Å². The van der Waals surface area contributed by atoms with E-state index in [1.807, 2.05) is 41.1 Å². The van der Waals surface area contributed by atoms with Gasteiger partial charge in [-0.2, -0.15) is 4.98 Å². The molecule has 0 atom stereocenters. The maximum absolute atomic E-state index is 6.60. The number of aromatic nitrogens is 8. The minimum Gasteiger partial charge on any atom is -0.436 e. The van der Waals surface area contributed by atoms with Gasteiger partial charge in [0.1, 0.15) is 22.2 Å². The number of benzene rings is 15. The lowest BCUT2D eigenvalue weighted by molar-refractivity contribution is 0.651. The Morgan fingerprint density at radius 3 is 1.30 bits per heavy atom. The van der Waals surface area contributed by atoms with Crippen LogP contribution in [-0.2, 0) is 0 Å². The molecular weight excluding hydrogens is 1390 g/mol. The van der Waals surface area contributed by atoms with E-state index in [9.17, 15) is 0 Å². The summed E-state index contributed by atoms with van der Waals surface area (Å²) in [5.41, 5.74) is 22.9. The molecule has 0 unspecified atom stereocenters. The maximum atomic E-state index is 6.60. The fraction of sp³-hybridized carbons (Fsp3) is 0. The Kier molecular flexibility index (Phi) is 13.1. The van der Waals surface area contributed by atoms with E-state index >= 15 is 0 Å². The first-order chi connectivity index (χ1) is 54.5. The molecule has 110 heavy (non-hydrogen) atoms. The molecule has 0 aliphatic heterocycles. The Morgan fingerprint density at radius 1 is 0.255 bits per heavy atom. The second-order valence-corrected chi connectivity index (χ2v) is 30.5. The monoisotopic (exact) mass is 1440 g/mol. The van der Waals surface area contributed by atoms with E-state index in [-0.39, 0.29) is 0 Å². The lowest BCUT2D eigenvalue weighted by Gasteiger charge is -2.10. The van der Waals surface area contributed by atoms with E-state index in [0.717, 1.165) is 116 Å². The molecule has 0 saturated heterocycles. The van der Waals surface area contributed by atoms with Crippen molar-refractivity contribution in [2.45, 2.75) is 0 Å². The summed E-state index contributed by atoms with van der Waals surface area (Å²) in [7, 11) is 0. The maximum Gasteiger partial charge on any atom is 0.248 e. The van der Waals surface area contributed by atoms with Crippen molar-refractivity contribution in [2.24, 2.45) is 0 Å². The third-order valence-corrected chi connectivity index (χ3v) is 24.8. The standard InChI is InChI=1S/C58H34N6O.C40H22N2OS2/c1-3-15-35(16-4-1)61-47-23-11-7-19-38(47)42-30-44-40-21-9-13-25-49(40)63(53(44)32-51(42)61)37-27-28-55-46(29-37)57-58(65-55)60-56(34-59-57)64-50-26-14-10-22-41(50)45-31-43-39-20-8-12-24-48(39)62(52(43)33-54(45)64)36-17-5-2-6-18-36;1-3-19-34-26(11-1)29-15-6-13-25(38(29)44-34)23-9-5-10-24(21-23)32-22-41-37-36-28(14-8-18-33(36)43-40(37)42-32)31-17-7-16-30-27-12-2-4-20-35(27)45-39(30)31/h1-34H;1-22H. The topological polar surface area (TPSA) is 97.6 Å². The zero-order valence-electron chi connectivity index (χ0n) is 58.5. The number of nitrogens with zero attached hydrogens (tertiary/aromatic N) is 8. The van der Waals surface area contributed by atoms with Crippen LogP contribution >= 0.6 is 22.7 Å². The van der Waals surface area contributed by atoms with Crippen LogP contribution in [-0.4, -0.2) is 38.2 Å². The predicted molar refractivity (Wildman–Crippen MR) is 458 cm³/mol.